The summed E-state index contributed by atoms with van der Waals surface area (Å²) in [5.74, 6) is -2.65. The van der Waals surface area contributed by atoms with Crippen LogP contribution in [0, 0.1) is 23.3 Å². The minimum absolute atomic E-state index is 0.0573. The molecule has 0 amide bonds. The molecule has 33 heavy (non-hydrogen) atoms. The molecule has 0 fully saturated rings. The maximum atomic E-state index is 15.3. The second-order valence-corrected chi connectivity index (χ2v) is 8.50. The van der Waals surface area contributed by atoms with Crippen molar-refractivity contribution in [3.63, 3.8) is 0 Å². The van der Waals surface area contributed by atoms with E-state index < -0.39 is 23.3 Å². The Balaban J connectivity index is 1.59. The van der Waals surface area contributed by atoms with Crippen LogP contribution >= 0.6 is 0 Å². The summed E-state index contributed by atoms with van der Waals surface area (Å²) in [6.45, 7) is 2.19. The van der Waals surface area contributed by atoms with Crippen LogP contribution in [0.3, 0.4) is 0 Å². The van der Waals surface area contributed by atoms with Gasteiger partial charge >= 0.3 is 0 Å². The van der Waals surface area contributed by atoms with E-state index in [4.69, 9.17) is 0 Å². The molecule has 0 nitrogen and oxygen atoms in total. The van der Waals surface area contributed by atoms with E-state index >= 15 is 4.39 Å². The molecule has 0 unspecified atom stereocenters. The van der Waals surface area contributed by atoms with Gasteiger partial charge in [0, 0.05) is 22.6 Å². The molecule has 0 aliphatic carbocycles. The number of unbranched alkanes of at least 4 members (excludes halogenated alkanes) is 4. The van der Waals surface area contributed by atoms with Gasteiger partial charge in [-0.3, -0.25) is 0 Å². The monoisotopic (exact) mass is 450 g/mol. The van der Waals surface area contributed by atoms with Gasteiger partial charge in [-0.05, 0) is 53.1 Å². The Labute approximate surface area is 191 Å². The molecule has 4 rings (SSSR count). The second-order valence-electron chi connectivity index (χ2n) is 8.50. The van der Waals surface area contributed by atoms with E-state index in [-0.39, 0.29) is 16.7 Å². The number of benzene rings is 4. The number of aryl methyl sites for hydroxylation is 1. The van der Waals surface area contributed by atoms with Crippen LogP contribution in [-0.2, 0) is 6.42 Å². The van der Waals surface area contributed by atoms with Crippen molar-refractivity contribution >= 4 is 10.8 Å². The van der Waals surface area contributed by atoms with E-state index in [0.717, 1.165) is 36.4 Å². The van der Waals surface area contributed by atoms with E-state index in [9.17, 15) is 13.2 Å². The Morgan fingerprint density at radius 2 is 1.33 bits per heavy atom. The molecule has 0 aliphatic rings. The number of hydrogen-bond acceptors (Lipinski definition) is 0. The fourth-order valence-electron chi connectivity index (χ4n) is 4.28. The van der Waals surface area contributed by atoms with Crippen molar-refractivity contribution in [3.05, 3.63) is 95.6 Å². The lowest BCUT2D eigenvalue weighted by Gasteiger charge is -2.11. The van der Waals surface area contributed by atoms with Crippen molar-refractivity contribution < 1.29 is 17.6 Å². The van der Waals surface area contributed by atoms with Crippen LogP contribution in [-0.4, -0.2) is 0 Å². The highest BCUT2D eigenvalue weighted by Crippen LogP contribution is 2.33. The molecule has 0 aromatic heterocycles. The van der Waals surface area contributed by atoms with Gasteiger partial charge in [0.05, 0.1) is 0 Å². The molecular formula is C29H26F4. The quantitative estimate of drug-likeness (QED) is 0.185. The zero-order valence-electron chi connectivity index (χ0n) is 18.6. The molecule has 0 atom stereocenters. The summed E-state index contributed by atoms with van der Waals surface area (Å²) in [4.78, 5) is 0. The van der Waals surface area contributed by atoms with E-state index in [1.165, 1.54) is 43.4 Å². The molecule has 0 bridgehead atoms. The van der Waals surface area contributed by atoms with Crippen LogP contribution < -0.4 is 0 Å². The largest absolute Gasteiger partial charge is 0.207 e. The Morgan fingerprint density at radius 1 is 0.606 bits per heavy atom. The van der Waals surface area contributed by atoms with Gasteiger partial charge < -0.3 is 0 Å². The Bertz CT molecular complexity index is 1260. The van der Waals surface area contributed by atoms with Crippen LogP contribution in [0.25, 0.3) is 33.0 Å². The Morgan fingerprint density at radius 3 is 2.06 bits per heavy atom. The smallest absolute Gasteiger partial charge is 0.138 e. The maximum absolute atomic E-state index is 15.3. The van der Waals surface area contributed by atoms with Crippen molar-refractivity contribution in [2.75, 3.05) is 0 Å². The average Bonchev–Trinajstić information content (AvgIpc) is 2.78. The predicted octanol–water partition coefficient (Wildman–Crippen LogP) is 9.24. The predicted molar refractivity (Wildman–Crippen MR) is 127 cm³/mol. The van der Waals surface area contributed by atoms with Crippen LogP contribution in [0.2, 0.25) is 0 Å². The van der Waals surface area contributed by atoms with Crippen molar-refractivity contribution in [1.82, 2.24) is 0 Å². The zero-order chi connectivity index (χ0) is 23.4. The first-order valence-corrected chi connectivity index (χ1v) is 11.4. The van der Waals surface area contributed by atoms with Gasteiger partial charge in [-0.15, -0.1) is 0 Å². The zero-order valence-corrected chi connectivity index (χ0v) is 18.6. The molecule has 0 heterocycles. The van der Waals surface area contributed by atoms with Gasteiger partial charge in [-0.1, -0.05) is 75.1 Å². The number of rotatable bonds is 8. The van der Waals surface area contributed by atoms with E-state index in [2.05, 4.69) is 6.92 Å². The van der Waals surface area contributed by atoms with E-state index in [0.29, 0.717) is 10.9 Å². The highest BCUT2D eigenvalue weighted by Gasteiger charge is 2.14. The SMILES string of the molecule is CCCCCCCc1ccc2c(F)c(-c3ccc(-c4cc(F)cc(F)c4)c(F)c3)ccc2c1. The molecule has 0 spiro atoms. The summed E-state index contributed by atoms with van der Waals surface area (Å²) in [6, 6.07) is 16.3. The van der Waals surface area contributed by atoms with Crippen molar-refractivity contribution in [1.29, 1.82) is 0 Å². The van der Waals surface area contributed by atoms with Crippen molar-refractivity contribution in [3.8, 4) is 22.3 Å². The molecule has 4 aromatic rings. The van der Waals surface area contributed by atoms with Crippen LogP contribution in [0.1, 0.15) is 44.6 Å². The molecule has 4 aromatic carbocycles. The van der Waals surface area contributed by atoms with Gasteiger partial charge in [-0.2, -0.15) is 0 Å². The summed E-state index contributed by atoms with van der Waals surface area (Å²) in [7, 11) is 0. The summed E-state index contributed by atoms with van der Waals surface area (Å²) in [5.41, 5.74) is 1.99. The first-order chi connectivity index (χ1) is 16.0. The summed E-state index contributed by atoms with van der Waals surface area (Å²) in [5, 5.41) is 1.30. The number of hydrogen-bond donors (Lipinski definition) is 0. The van der Waals surface area contributed by atoms with Crippen LogP contribution in [0.15, 0.2) is 66.7 Å². The first-order valence-electron chi connectivity index (χ1n) is 11.4. The Kier molecular flexibility index (Phi) is 7.12. The topological polar surface area (TPSA) is 0 Å². The van der Waals surface area contributed by atoms with Gasteiger partial charge in [0.2, 0.25) is 0 Å². The molecule has 0 saturated heterocycles. The lowest BCUT2D eigenvalue weighted by atomic mass is 9.95. The van der Waals surface area contributed by atoms with E-state index in [1.54, 1.807) is 18.2 Å². The molecule has 4 heteroatoms. The van der Waals surface area contributed by atoms with Crippen LogP contribution in [0.5, 0.6) is 0 Å². The molecule has 0 N–H and O–H groups in total. The minimum atomic E-state index is -0.783. The second kappa shape index (κ2) is 10.2. The van der Waals surface area contributed by atoms with Crippen LogP contribution in [0.4, 0.5) is 17.6 Å². The lowest BCUT2D eigenvalue weighted by molar-refractivity contribution is 0.583. The van der Waals surface area contributed by atoms with Crippen molar-refractivity contribution in [2.24, 2.45) is 0 Å². The van der Waals surface area contributed by atoms with Gasteiger partial charge in [0.25, 0.3) is 0 Å². The fourth-order valence-corrected chi connectivity index (χ4v) is 4.28. The van der Waals surface area contributed by atoms with Gasteiger partial charge in [0.15, 0.2) is 0 Å². The van der Waals surface area contributed by atoms with Gasteiger partial charge in [-0.25, -0.2) is 17.6 Å². The molecule has 0 radical (unpaired) electrons. The third kappa shape index (κ3) is 5.27. The summed E-state index contributed by atoms with van der Waals surface area (Å²) >= 11 is 0. The third-order valence-electron chi connectivity index (χ3n) is 6.04. The highest BCUT2D eigenvalue weighted by atomic mass is 19.1. The lowest BCUT2D eigenvalue weighted by Crippen LogP contribution is -1.92. The third-order valence-corrected chi connectivity index (χ3v) is 6.04. The molecule has 170 valence electrons. The average molecular weight is 451 g/mol. The summed E-state index contributed by atoms with van der Waals surface area (Å²) < 4.78 is 57.2. The van der Waals surface area contributed by atoms with Crippen molar-refractivity contribution in [2.45, 2.75) is 45.4 Å². The standard InChI is InChI=1S/C29H26F4/c1-2-3-4-5-6-7-19-8-11-26-20(14-19)10-13-27(29(26)33)21-9-12-25(28(32)17-21)22-15-23(30)18-24(31)16-22/h8-18H,2-7H2,1H3. The summed E-state index contributed by atoms with van der Waals surface area (Å²) in [6.07, 6.45) is 7.00. The molecular weight excluding hydrogens is 424 g/mol. The minimum Gasteiger partial charge on any atom is -0.207 e. The highest BCUT2D eigenvalue weighted by molar-refractivity contribution is 5.89. The first kappa shape index (κ1) is 23.0. The normalized spacial score (nSPS) is 11.3. The van der Waals surface area contributed by atoms with Gasteiger partial charge in [0.1, 0.15) is 23.3 Å². The van der Waals surface area contributed by atoms with E-state index in [1.807, 2.05) is 18.2 Å². The molecule has 0 aliphatic heterocycles. The Hall–Kier alpha value is -3.14. The maximum Gasteiger partial charge on any atom is 0.138 e. The number of halogens is 4. The number of fused-ring (bicyclic) bond motifs is 1. The molecule has 0 saturated carbocycles. The fraction of sp³-hybridized carbons (Fsp3) is 0.241.